The molecule has 108 valence electrons. The van der Waals surface area contributed by atoms with Crippen LogP contribution in [0.1, 0.15) is 43.6 Å². The summed E-state index contributed by atoms with van der Waals surface area (Å²) in [6.45, 7) is 6.99. The molecule has 1 aromatic heterocycles. The predicted octanol–water partition coefficient (Wildman–Crippen LogP) is 4.45. The zero-order valence-electron chi connectivity index (χ0n) is 12.5. The smallest absolute Gasteiger partial charge is 0.131 e. The first-order valence-corrected chi connectivity index (χ1v) is 7.75. The Morgan fingerprint density at radius 1 is 1.35 bits per heavy atom. The van der Waals surface area contributed by atoms with Gasteiger partial charge in [-0.3, -0.25) is 4.68 Å². The van der Waals surface area contributed by atoms with Crippen LogP contribution in [0.3, 0.4) is 0 Å². The van der Waals surface area contributed by atoms with Crippen LogP contribution in [0.25, 0.3) is 0 Å². The highest BCUT2D eigenvalue weighted by Gasteiger charge is 2.13. The highest BCUT2D eigenvalue weighted by atomic mass is 79.9. The second kappa shape index (κ2) is 6.44. The van der Waals surface area contributed by atoms with E-state index < -0.39 is 0 Å². The number of aromatic nitrogens is 2. The van der Waals surface area contributed by atoms with Crippen molar-refractivity contribution >= 4 is 15.9 Å². The Morgan fingerprint density at radius 3 is 2.70 bits per heavy atom. The number of benzene rings is 1. The highest BCUT2D eigenvalue weighted by molar-refractivity contribution is 9.10. The summed E-state index contributed by atoms with van der Waals surface area (Å²) in [5, 5.41) is 4.48. The first-order valence-electron chi connectivity index (χ1n) is 6.96. The molecule has 0 unspecified atom stereocenters. The van der Waals surface area contributed by atoms with E-state index in [0.717, 1.165) is 28.0 Å². The molecule has 0 aliphatic carbocycles. The van der Waals surface area contributed by atoms with Crippen LogP contribution in [0.4, 0.5) is 0 Å². The quantitative estimate of drug-likeness (QED) is 0.806. The third kappa shape index (κ3) is 3.23. The number of hydrogen-bond acceptors (Lipinski definition) is 2. The summed E-state index contributed by atoms with van der Waals surface area (Å²) < 4.78 is 8.85. The molecule has 0 aliphatic heterocycles. The van der Waals surface area contributed by atoms with Crippen molar-refractivity contribution in [2.24, 2.45) is 7.05 Å². The van der Waals surface area contributed by atoms with E-state index in [9.17, 15) is 0 Å². The summed E-state index contributed by atoms with van der Waals surface area (Å²) in [6.07, 6.45) is 0.914. The number of hydrogen-bond donors (Lipinski definition) is 0. The minimum absolute atomic E-state index is 0.508. The summed E-state index contributed by atoms with van der Waals surface area (Å²) in [4.78, 5) is 0. The predicted molar refractivity (Wildman–Crippen MR) is 85.1 cm³/mol. The van der Waals surface area contributed by atoms with Crippen LogP contribution in [-0.2, 0) is 20.1 Å². The standard InChI is InChI=1S/C16H21BrN2O/c1-5-14-16(17)15(19(4)18-14)10-20-13-8-6-7-12(9-13)11(2)3/h6-9,11H,5,10H2,1-4H3. The maximum atomic E-state index is 5.91. The fourth-order valence-corrected chi connectivity index (χ4v) is 2.82. The Balaban J connectivity index is 2.13. The molecule has 0 N–H and O–H groups in total. The molecule has 3 nitrogen and oxygen atoms in total. The molecule has 20 heavy (non-hydrogen) atoms. The van der Waals surface area contributed by atoms with Crippen LogP contribution < -0.4 is 4.74 Å². The van der Waals surface area contributed by atoms with Gasteiger partial charge in [0.05, 0.1) is 15.9 Å². The lowest BCUT2D eigenvalue weighted by atomic mass is 10.0. The van der Waals surface area contributed by atoms with Gasteiger partial charge in [-0.15, -0.1) is 0 Å². The molecule has 1 heterocycles. The zero-order chi connectivity index (χ0) is 14.7. The van der Waals surface area contributed by atoms with Gasteiger partial charge in [0.25, 0.3) is 0 Å². The Kier molecular flexibility index (Phi) is 4.86. The van der Waals surface area contributed by atoms with Crippen molar-refractivity contribution in [2.45, 2.75) is 39.7 Å². The average Bonchev–Trinajstić information content (AvgIpc) is 2.71. The number of aryl methyl sites for hydroxylation is 2. The topological polar surface area (TPSA) is 27.1 Å². The molecule has 0 aliphatic rings. The lowest BCUT2D eigenvalue weighted by Gasteiger charge is -2.10. The van der Waals surface area contributed by atoms with Crippen molar-refractivity contribution in [3.8, 4) is 5.75 Å². The summed E-state index contributed by atoms with van der Waals surface area (Å²) in [6, 6.07) is 8.28. The van der Waals surface area contributed by atoms with Crippen molar-refractivity contribution in [2.75, 3.05) is 0 Å². The number of nitrogens with zero attached hydrogens (tertiary/aromatic N) is 2. The second-order valence-electron chi connectivity index (χ2n) is 5.20. The minimum Gasteiger partial charge on any atom is -0.487 e. The van der Waals surface area contributed by atoms with Gasteiger partial charge in [-0.1, -0.05) is 32.9 Å². The Hall–Kier alpha value is -1.29. The van der Waals surface area contributed by atoms with Crippen LogP contribution in [0.5, 0.6) is 5.75 Å². The summed E-state index contributed by atoms with van der Waals surface area (Å²) in [5.74, 6) is 1.41. The summed E-state index contributed by atoms with van der Waals surface area (Å²) >= 11 is 3.61. The maximum Gasteiger partial charge on any atom is 0.131 e. The molecule has 0 saturated heterocycles. The maximum absolute atomic E-state index is 5.91. The van der Waals surface area contributed by atoms with E-state index in [-0.39, 0.29) is 0 Å². The zero-order valence-corrected chi connectivity index (χ0v) is 14.1. The average molecular weight is 337 g/mol. The van der Waals surface area contributed by atoms with Crippen LogP contribution in [0.15, 0.2) is 28.7 Å². The molecular formula is C16H21BrN2O. The molecule has 2 rings (SSSR count). The molecule has 0 amide bonds. The first kappa shape index (κ1) is 15.1. The van der Waals surface area contributed by atoms with Gasteiger partial charge in [0, 0.05) is 7.05 Å². The van der Waals surface area contributed by atoms with E-state index in [1.165, 1.54) is 5.56 Å². The molecule has 0 spiro atoms. The van der Waals surface area contributed by atoms with Crippen LogP contribution in [0, 0.1) is 0 Å². The van der Waals surface area contributed by atoms with Gasteiger partial charge in [-0.05, 0) is 46.0 Å². The van der Waals surface area contributed by atoms with E-state index in [2.05, 4.69) is 53.9 Å². The van der Waals surface area contributed by atoms with Crippen molar-refractivity contribution in [1.82, 2.24) is 9.78 Å². The molecule has 0 atom stereocenters. The number of halogens is 1. The fraction of sp³-hybridized carbons (Fsp3) is 0.438. The van der Waals surface area contributed by atoms with Crippen molar-refractivity contribution in [3.05, 3.63) is 45.7 Å². The first-order chi connectivity index (χ1) is 9.52. The van der Waals surface area contributed by atoms with E-state index >= 15 is 0 Å². The molecule has 0 radical (unpaired) electrons. The molecule has 1 aromatic carbocycles. The molecule has 0 fully saturated rings. The highest BCUT2D eigenvalue weighted by Crippen LogP contribution is 2.24. The molecule has 0 bridgehead atoms. The van der Waals surface area contributed by atoms with Gasteiger partial charge in [0.15, 0.2) is 0 Å². The van der Waals surface area contributed by atoms with E-state index in [0.29, 0.717) is 12.5 Å². The van der Waals surface area contributed by atoms with Crippen LogP contribution in [-0.4, -0.2) is 9.78 Å². The minimum atomic E-state index is 0.508. The Bertz CT molecular complexity index is 590. The third-order valence-corrected chi connectivity index (χ3v) is 4.32. The van der Waals surface area contributed by atoms with Crippen molar-refractivity contribution in [3.63, 3.8) is 0 Å². The Labute approximate surface area is 129 Å². The van der Waals surface area contributed by atoms with Gasteiger partial charge >= 0.3 is 0 Å². The lowest BCUT2D eigenvalue weighted by molar-refractivity contribution is 0.293. The summed E-state index contributed by atoms with van der Waals surface area (Å²) in [5.41, 5.74) is 3.43. The van der Waals surface area contributed by atoms with Crippen LogP contribution >= 0.6 is 15.9 Å². The lowest BCUT2D eigenvalue weighted by Crippen LogP contribution is -2.04. The van der Waals surface area contributed by atoms with Crippen molar-refractivity contribution in [1.29, 1.82) is 0 Å². The molecular weight excluding hydrogens is 316 g/mol. The SMILES string of the molecule is CCc1nn(C)c(COc2cccc(C(C)C)c2)c1Br. The monoisotopic (exact) mass is 336 g/mol. The molecule has 4 heteroatoms. The van der Waals surface area contributed by atoms with E-state index in [1.807, 2.05) is 23.9 Å². The van der Waals surface area contributed by atoms with E-state index in [1.54, 1.807) is 0 Å². The Morgan fingerprint density at radius 2 is 2.10 bits per heavy atom. The van der Waals surface area contributed by atoms with Gasteiger partial charge in [-0.25, -0.2) is 0 Å². The van der Waals surface area contributed by atoms with Gasteiger partial charge < -0.3 is 4.74 Å². The molecule has 0 saturated carbocycles. The summed E-state index contributed by atoms with van der Waals surface area (Å²) in [7, 11) is 1.95. The second-order valence-corrected chi connectivity index (χ2v) is 5.99. The normalized spacial score (nSPS) is 11.1. The van der Waals surface area contributed by atoms with Crippen LogP contribution in [0.2, 0.25) is 0 Å². The largest absolute Gasteiger partial charge is 0.487 e. The third-order valence-electron chi connectivity index (χ3n) is 3.40. The fourth-order valence-electron chi connectivity index (χ4n) is 2.09. The van der Waals surface area contributed by atoms with Gasteiger partial charge in [0.1, 0.15) is 12.4 Å². The van der Waals surface area contributed by atoms with Crippen molar-refractivity contribution < 1.29 is 4.74 Å². The van der Waals surface area contributed by atoms with Gasteiger partial charge in [-0.2, -0.15) is 5.10 Å². The number of rotatable bonds is 5. The molecule has 2 aromatic rings. The number of ether oxygens (including phenoxy) is 1. The van der Waals surface area contributed by atoms with Gasteiger partial charge in [0.2, 0.25) is 0 Å². The van der Waals surface area contributed by atoms with E-state index in [4.69, 9.17) is 4.74 Å².